The number of halogens is 1. The van der Waals surface area contributed by atoms with E-state index in [4.69, 9.17) is 4.74 Å². The molecule has 1 aromatic heterocycles. The van der Waals surface area contributed by atoms with Crippen LogP contribution in [0, 0.1) is 12.7 Å². The SMILES string of the molecule is Cc1cc(C2CN(C(=O)CCc3cncn3C)CCO2)ccc1F. The standard InChI is InChI=1S/C18H22FN3O2/c1-13-9-14(3-5-16(13)19)17-11-22(7-8-24-17)18(23)6-4-15-10-20-12-21(15)2/h3,5,9-10,12,17H,4,6-8,11H2,1-2H3. The minimum absolute atomic E-state index is 0.114. The van der Waals surface area contributed by atoms with Crippen molar-refractivity contribution in [2.45, 2.75) is 25.9 Å². The van der Waals surface area contributed by atoms with E-state index in [9.17, 15) is 9.18 Å². The molecule has 0 bridgehead atoms. The third kappa shape index (κ3) is 3.64. The average Bonchev–Trinajstić information content (AvgIpc) is 3.00. The second-order valence-corrected chi connectivity index (χ2v) is 6.20. The molecule has 5 nitrogen and oxygen atoms in total. The van der Waals surface area contributed by atoms with Gasteiger partial charge >= 0.3 is 0 Å². The summed E-state index contributed by atoms with van der Waals surface area (Å²) in [7, 11) is 1.93. The Kier molecular flexibility index (Phi) is 4.94. The van der Waals surface area contributed by atoms with Gasteiger partial charge < -0.3 is 14.2 Å². The molecule has 0 aliphatic carbocycles. The quantitative estimate of drug-likeness (QED) is 0.864. The summed E-state index contributed by atoms with van der Waals surface area (Å²) in [6.07, 6.45) is 4.46. The van der Waals surface area contributed by atoms with E-state index in [0.29, 0.717) is 38.1 Å². The van der Waals surface area contributed by atoms with Crippen LogP contribution in [0.4, 0.5) is 4.39 Å². The molecule has 1 aliphatic rings. The lowest BCUT2D eigenvalue weighted by Gasteiger charge is -2.33. The molecule has 0 spiro atoms. The molecule has 6 heteroatoms. The molecule has 24 heavy (non-hydrogen) atoms. The van der Waals surface area contributed by atoms with E-state index >= 15 is 0 Å². The van der Waals surface area contributed by atoms with E-state index in [1.54, 1.807) is 31.6 Å². The normalized spacial score (nSPS) is 18.0. The Morgan fingerprint density at radius 1 is 1.46 bits per heavy atom. The number of morpholine rings is 1. The van der Waals surface area contributed by atoms with Crippen LogP contribution in [0.25, 0.3) is 0 Å². The molecule has 1 amide bonds. The van der Waals surface area contributed by atoms with Crippen LogP contribution in [0.1, 0.15) is 29.3 Å². The second kappa shape index (κ2) is 7.13. The van der Waals surface area contributed by atoms with Gasteiger partial charge in [-0.1, -0.05) is 12.1 Å². The van der Waals surface area contributed by atoms with E-state index in [-0.39, 0.29) is 17.8 Å². The highest BCUT2D eigenvalue weighted by Gasteiger charge is 2.25. The van der Waals surface area contributed by atoms with Gasteiger partial charge in [0.15, 0.2) is 0 Å². The van der Waals surface area contributed by atoms with Gasteiger partial charge in [0.05, 0.1) is 19.5 Å². The molecule has 1 aliphatic heterocycles. The predicted molar refractivity (Wildman–Crippen MR) is 87.9 cm³/mol. The number of carbonyl (C=O) groups excluding carboxylic acids is 1. The zero-order valence-electron chi connectivity index (χ0n) is 14.0. The fourth-order valence-corrected chi connectivity index (χ4v) is 2.96. The van der Waals surface area contributed by atoms with Crippen molar-refractivity contribution in [2.75, 3.05) is 19.7 Å². The van der Waals surface area contributed by atoms with Gasteiger partial charge in [0, 0.05) is 31.9 Å². The van der Waals surface area contributed by atoms with E-state index in [2.05, 4.69) is 4.98 Å². The molecule has 0 saturated carbocycles. The molecule has 2 heterocycles. The van der Waals surface area contributed by atoms with Gasteiger partial charge in [-0.25, -0.2) is 9.37 Å². The molecule has 1 fully saturated rings. The molecular formula is C18H22FN3O2. The van der Waals surface area contributed by atoms with Gasteiger partial charge in [-0.05, 0) is 30.5 Å². The van der Waals surface area contributed by atoms with Crippen LogP contribution in [0.3, 0.4) is 0 Å². The van der Waals surface area contributed by atoms with Crippen LogP contribution in [0.5, 0.6) is 0 Å². The van der Waals surface area contributed by atoms with Crippen molar-refractivity contribution in [3.05, 3.63) is 53.4 Å². The van der Waals surface area contributed by atoms with Crippen LogP contribution in [0.2, 0.25) is 0 Å². The Morgan fingerprint density at radius 2 is 2.29 bits per heavy atom. The highest BCUT2D eigenvalue weighted by Crippen LogP contribution is 2.24. The van der Waals surface area contributed by atoms with Crippen LogP contribution in [-0.2, 0) is 23.0 Å². The third-order valence-electron chi connectivity index (χ3n) is 4.48. The van der Waals surface area contributed by atoms with Gasteiger partial charge in [-0.3, -0.25) is 4.79 Å². The van der Waals surface area contributed by atoms with E-state index < -0.39 is 0 Å². The molecular weight excluding hydrogens is 309 g/mol. The molecule has 0 N–H and O–H groups in total. The number of benzene rings is 1. The number of ether oxygens (including phenoxy) is 1. The van der Waals surface area contributed by atoms with Crippen molar-refractivity contribution < 1.29 is 13.9 Å². The Morgan fingerprint density at radius 3 is 3.00 bits per heavy atom. The lowest BCUT2D eigenvalue weighted by Crippen LogP contribution is -2.42. The smallest absolute Gasteiger partial charge is 0.223 e. The number of aryl methyl sites for hydroxylation is 3. The number of amides is 1. The van der Waals surface area contributed by atoms with Crippen molar-refractivity contribution in [3.8, 4) is 0 Å². The lowest BCUT2D eigenvalue weighted by molar-refractivity contribution is -0.139. The highest BCUT2D eigenvalue weighted by atomic mass is 19.1. The first-order valence-corrected chi connectivity index (χ1v) is 8.15. The number of hydrogen-bond donors (Lipinski definition) is 0. The summed E-state index contributed by atoms with van der Waals surface area (Å²) in [6, 6.07) is 4.98. The highest BCUT2D eigenvalue weighted by molar-refractivity contribution is 5.76. The maximum atomic E-state index is 13.4. The number of hydrogen-bond acceptors (Lipinski definition) is 3. The molecule has 2 aromatic rings. The van der Waals surface area contributed by atoms with Gasteiger partial charge in [-0.2, -0.15) is 0 Å². The number of nitrogens with zero attached hydrogens (tertiary/aromatic N) is 3. The van der Waals surface area contributed by atoms with E-state index in [1.165, 1.54) is 6.07 Å². The molecule has 3 rings (SSSR count). The van der Waals surface area contributed by atoms with E-state index in [0.717, 1.165) is 11.3 Å². The summed E-state index contributed by atoms with van der Waals surface area (Å²) < 4.78 is 21.1. The largest absolute Gasteiger partial charge is 0.370 e. The van der Waals surface area contributed by atoms with Gasteiger partial charge in [0.2, 0.25) is 5.91 Å². The fraction of sp³-hybridized carbons (Fsp3) is 0.444. The Bertz CT molecular complexity index is 729. The van der Waals surface area contributed by atoms with Crippen LogP contribution >= 0.6 is 0 Å². The van der Waals surface area contributed by atoms with Crippen molar-refractivity contribution in [1.82, 2.24) is 14.5 Å². The van der Waals surface area contributed by atoms with Crippen molar-refractivity contribution >= 4 is 5.91 Å². The first kappa shape index (κ1) is 16.6. The second-order valence-electron chi connectivity index (χ2n) is 6.20. The maximum absolute atomic E-state index is 13.4. The van der Waals surface area contributed by atoms with Crippen molar-refractivity contribution in [2.24, 2.45) is 7.05 Å². The summed E-state index contributed by atoms with van der Waals surface area (Å²) in [5.41, 5.74) is 2.55. The molecule has 1 aromatic carbocycles. The summed E-state index contributed by atoms with van der Waals surface area (Å²) >= 11 is 0. The summed E-state index contributed by atoms with van der Waals surface area (Å²) in [5, 5.41) is 0. The Balaban J connectivity index is 1.61. The number of aromatic nitrogens is 2. The average molecular weight is 331 g/mol. The first-order chi connectivity index (χ1) is 11.5. The number of imidazole rings is 1. The summed E-state index contributed by atoms with van der Waals surface area (Å²) in [5.74, 6) is -0.109. The van der Waals surface area contributed by atoms with Crippen molar-refractivity contribution in [3.63, 3.8) is 0 Å². The lowest BCUT2D eigenvalue weighted by atomic mass is 10.0. The Hall–Kier alpha value is -2.21. The van der Waals surface area contributed by atoms with Crippen LogP contribution < -0.4 is 0 Å². The monoisotopic (exact) mass is 331 g/mol. The number of carbonyl (C=O) groups is 1. The predicted octanol–water partition coefficient (Wildman–Crippen LogP) is 2.40. The molecule has 1 saturated heterocycles. The third-order valence-corrected chi connectivity index (χ3v) is 4.48. The molecule has 0 radical (unpaired) electrons. The van der Waals surface area contributed by atoms with Gasteiger partial charge in [0.1, 0.15) is 11.9 Å². The van der Waals surface area contributed by atoms with Crippen LogP contribution in [0.15, 0.2) is 30.7 Å². The molecule has 1 unspecified atom stereocenters. The zero-order valence-corrected chi connectivity index (χ0v) is 14.0. The minimum Gasteiger partial charge on any atom is -0.370 e. The number of rotatable bonds is 4. The molecule has 1 atom stereocenters. The first-order valence-electron chi connectivity index (χ1n) is 8.15. The molecule has 128 valence electrons. The summed E-state index contributed by atoms with van der Waals surface area (Å²) in [4.78, 5) is 18.4. The van der Waals surface area contributed by atoms with E-state index in [1.807, 2.05) is 16.5 Å². The van der Waals surface area contributed by atoms with Crippen molar-refractivity contribution in [1.29, 1.82) is 0 Å². The maximum Gasteiger partial charge on any atom is 0.223 e. The van der Waals surface area contributed by atoms with Gasteiger partial charge in [-0.15, -0.1) is 0 Å². The summed E-state index contributed by atoms with van der Waals surface area (Å²) in [6.45, 7) is 3.34. The minimum atomic E-state index is -0.223. The zero-order chi connectivity index (χ0) is 17.1. The van der Waals surface area contributed by atoms with Gasteiger partial charge in [0.25, 0.3) is 0 Å². The van der Waals surface area contributed by atoms with Crippen LogP contribution in [-0.4, -0.2) is 40.1 Å². The topological polar surface area (TPSA) is 47.4 Å². The Labute approximate surface area is 141 Å². The fourth-order valence-electron chi connectivity index (χ4n) is 2.96.